The number of hydrogen-bond donors (Lipinski definition) is 1. The Morgan fingerprint density at radius 3 is 2.43 bits per heavy atom. The first-order chi connectivity index (χ1) is 6.63. The van der Waals surface area contributed by atoms with Gasteiger partial charge in [0.25, 0.3) is 0 Å². The molecule has 1 N–H and O–H groups in total. The Morgan fingerprint density at radius 1 is 1.43 bits per heavy atom. The summed E-state index contributed by atoms with van der Waals surface area (Å²) in [6, 6.07) is 0. The van der Waals surface area contributed by atoms with Crippen molar-refractivity contribution in [2.75, 3.05) is 14.1 Å². The molecule has 1 rings (SSSR count). The largest absolute Gasteiger partial charge is 0.391 e. The van der Waals surface area contributed by atoms with Crippen LogP contribution < -0.4 is 0 Å². The SMILES string of the molecule is C=CCCC(O)C1(N(C)C)CCCC1. The molecule has 1 unspecified atom stereocenters. The average Bonchev–Trinajstić information content (AvgIpc) is 2.63. The van der Waals surface area contributed by atoms with E-state index in [4.69, 9.17) is 0 Å². The van der Waals surface area contributed by atoms with E-state index in [9.17, 15) is 5.11 Å². The van der Waals surface area contributed by atoms with E-state index in [-0.39, 0.29) is 11.6 Å². The summed E-state index contributed by atoms with van der Waals surface area (Å²) in [5.74, 6) is 0. The Hall–Kier alpha value is -0.340. The quantitative estimate of drug-likeness (QED) is 0.683. The van der Waals surface area contributed by atoms with Crippen LogP contribution in [-0.4, -0.2) is 35.7 Å². The summed E-state index contributed by atoms with van der Waals surface area (Å²) in [5, 5.41) is 10.2. The van der Waals surface area contributed by atoms with Gasteiger partial charge in [-0.1, -0.05) is 18.9 Å². The van der Waals surface area contributed by atoms with E-state index < -0.39 is 0 Å². The lowest BCUT2D eigenvalue weighted by atomic mass is 9.86. The van der Waals surface area contributed by atoms with Crippen molar-refractivity contribution < 1.29 is 5.11 Å². The summed E-state index contributed by atoms with van der Waals surface area (Å²) < 4.78 is 0. The van der Waals surface area contributed by atoms with Gasteiger partial charge in [-0.3, -0.25) is 0 Å². The van der Waals surface area contributed by atoms with Crippen LogP contribution in [0.3, 0.4) is 0 Å². The van der Waals surface area contributed by atoms with Crippen molar-refractivity contribution >= 4 is 0 Å². The minimum absolute atomic E-state index is 0.0447. The average molecular weight is 197 g/mol. The molecule has 0 bridgehead atoms. The van der Waals surface area contributed by atoms with Gasteiger partial charge in [0, 0.05) is 5.54 Å². The lowest BCUT2D eigenvalue weighted by Gasteiger charge is -2.40. The van der Waals surface area contributed by atoms with Crippen LogP contribution >= 0.6 is 0 Å². The van der Waals surface area contributed by atoms with Crippen LogP contribution in [0.5, 0.6) is 0 Å². The number of allylic oxidation sites excluding steroid dienone is 1. The number of rotatable bonds is 5. The molecule has 2 nitrogen and oxygen atoms in total. The van der Waals surface area contributed by atoms with Crippen LogP contribution in [0.4, 0.5) is 0 Å². The van der Waals surface area contributed by atoms with E-state index in [1.807, 2.05) is 6.08 Å². The molecule has 0 amide bonds. The van der Waals surface area contributed by atoms with Crippen molar-refractivity contribution in [2.24, 2.45) is 0 Å². The van der Waals surface area contributed by atoms with Gasteiger partial charge in [-0.2, -0.15) is 0 Å². The third-order valence-electron chi connectivity index (χ3n) is 3.62. The first-order valence-corrected chi connectivity index (χ1v) is 5.60. The fourth-order valence-corrected chi connectivity index (χ4v) is 2.61. The number of nitrogens with zero attached hydrogens (tertiary/aromatic N) is 1. The van der Waals surface area contributed by atoms with Gasteiger partial charge in [0.1, 0.15) is 0 Å². The summed E-state index contributed by atoms with van der Waals surface area (Å²) in [6.07, 6.45) is 8.24. The van der Waals surface area contributed by atoms with E-state index in [0.29, 0.717) is 0 Å². The molecule has 14 heavy (non-hydrogen) atoms. The van der Waals surface area contributed by atoms with Crippen molar-refractivity contribution in [3.63, 3.8) is 0 Å². The van der Waals surface area contributed by atoms with Gasteiger partial charge >= 0.3 is 0 Å². The predicted molar refractivity (Wildman–Crippen MR) is 60.3 cm³/mol. The van der Waals surface area contributed by atoms with Gasteiger partial charge in [0.15, 0.2) is 0 Å². The molecule has 0 radical (unpaired) electrons. The standard InChI is InChI=1S/C12H23NO/c1-4-5-8-11(14)12(13(2)3)9-6-7-10-12/h4,11,14H,1,5-10H2,2-3H3. The summed E-state index contributed by atoms with van der Waals surface area (Å²) in [4.78, 5) is 2.22. The first kappa shape index (κ1) is 11.7. The van der Waals surface area contributed by atoms with Gasteiger partial charge in [0.2, 0.25) is 0 Å². The molecular weight excluding hydrogens is 174 g/mol. The number of likely N-dealkylation sites (N-methyl/N-ethyl adjacent to an activating group) is 1. The fourth-order valence-electron chi connectivity index (χ4n) is 2.61. The second kappa shape index (κ2) is 4.94. The van der Waals surface area contributed by atoms with Crippen LogP contribution in [0, 0.1) is 0 Å². The molecule has 0 aromatic rings. The molecular formula is C12H23NO. The highest BCUT2D eigenvalue weighted by Gasteiger charge is 2.41. The zero-order valence-corrected chi connectivity index (χ0v) is 9.50. The lowest BCUT2D eigenvalue weighted by Crippen LogP contribution is -2.51. The van der Waals surface area contributed by atoms with Crippen LogP contribution in [0.2, 0.25) is 0 Å². The Kier molecular flexibility index (Phi) is 4.14. The monoisotopic (exact) mass is 197 g/mol. The fraction of sp³-hybridized carbons (Fsp3) is 0.833. The topological polar surface area (TPSA) is 23.5 Å². The first-order valence-electron chi connectivity index (χ1n) is 5.60. The van der Waals surface area contributed by atoms with Crippen molar-refractivity contribution in [2.45, 2.75) is 50.2 Å². The third-order valence-corrected chi connectivity index (χ3v) is 3.62. The maximum absolute atomic E-state index is 10.2. The summed E-state index contributed by atoms with van der Waals surface area (Å²) >= 11 is 0. The summed E-state index contributed by atoms with van der Waals surface area (Å²) in [7, 11) is 4.17. The molecule has 0 aliphatic heterocycles. The highest BCUT2D eigenvalue weighted by Crippen LogP contribution is 2.38. The molecule has 1 fully saturated rings. The van der Waals surface area contributed by atoms with Crippen LogP contribution in [-0.2, 0) is 0 Å². The van der Waals surface area contributed by atoms with E-state index in [2.05, 4.69) is 25.6 Å². The van der Waals surface area contributed by atoms with Gasteiger partial charge < -0.3 is 10.0 Å². The Bertz CT molecular complexity index is 183. The van der Waals surface area contributed by atoms with Crippen LogP contribution in [0.25, 0.3) is 0 Å². The minimum atomic E-state index is -0.196. The van der Waals surface area contributed by atoms with Crippen LogP contribution in [0.1, 0.15) is 38.5 Å². The Morgan fingerprint density at radius 2 is 2.00 bits per heavy atom. The molecule has 2 heteroatoms. The van der Waals surface area contributed by atoms with Gasteiger partial charge in [0.05, 0.1) is 6.10 Å². The maximum Gasteiger partial charge on any atom is 0.0726 e. The lowest BCUT2D eigenvalue weighted by molar-refractivity contribution is -0.00716. The van der Waals surface area contributed by atoms with Crippen molar-refractivity contribution in [3.8, 4) is 0 Å². The zero-order valence-electron chi connectivity index (χ0n) is 9.50. The Balaban J connectivity index is 2.61. The molecule has 1 atom stereocenters. The molecule has 1 aliphatic carbocycles. The summed E-state index contributed by atoms with van der Waals surface area (Å²) in [5.41, 5.74) is 0.0447. The van der Waals surface area contributed by atoms with E-state index >= 15 is 0 Å². The van der Waals surface area contributed by atoms with Gasteiger partial charge in [-0.05, 0) is 39.8 Å². The van der Waals surface area contributed by atoms with E-state index in [0.717, 1.165) is 25.7 Å². The number of aliphatic hydroxyl groups is 1. The van der Waals surface area contributed by atoms with Gasteiger partial charge in [-0.15, -0.1) is 6.58 Å². The maximum atomic E-state index is 10.2. The number of hydrogen-bond acceptors (Lipinski definition) is 2. The zero-order chi connectivity index (χ0) is 10.6. The summed E-state index contributed by atoms with van der Waals surface area (Å²) in [6.45, 7) is 3.70. The highest BCUT2D eigenvalue weighted by atomic mass is 16.3. The molecule has 0 saturated heterocycles. The van der Waals surface area contributed by atoms with Crippen LogP contribution in [0.15, 0.2) is 12.7 Å². The molecule has 1 saturated carbocycles. The second-order valence-corrected chi connectivity index (χ2v) is 4.59. The predicted octanol–water partition coefficient (Wildman–Crippen LogP) is 2.19. The third kappa shape index (κ3) is 2.18. The molecule has 82 valence electrons. The van der Waals surface area contributed by atoms with Gasteiger partial charge in [-0.25, -0.2) is 0 Å². The van der Waals surface area contributed by atoms with E-state index in [1.54, 1.807) is 0 Å². The normalized spacial score (nSPS) is 22.6. The smallest absolute Gasteiger partial charge is 0.0726 e. The molecule has 0 heterocycles. The second-order valence-electron chi connectivity index (χ2n) is 4.59. The van der Waals surface area contributed by atoms with Crippen molar-refractivity contribution in [1.82, 2.24) is 4.90 Å². The molecule has 0 aromatic heterocycles. The highest BCUT2D eigenvalue weighted by molar-refractivity contribution is 4.98. The van der Waals surface area contributed by atoms with Crippen molar-refractivity contribution in [3.05, 3.63) is 12.7 Å². The Labute approximate surface area is 87.6 Å². The molecule has 1 aliphatic rings. The van der Waals surface area contributed by atoms with E-state index in [1.165, 1.54) is 12.8 Å². The minimum Gasteiger partial charge on any atom is -0.391 e. The molecule has 0 aromatic carbocycles. The molecule has 0 spiro atoms. The number of aliphatic hydroxyl groups excluding tert-OH is 1. The van der Waals surface area contributed by atoms with Crippen molar-refractivity contribution in [1.29, 1.82) is 0 Å².